The fraction of sp³-hybridized carbons (Fsp3) is 0. The van der Waals surface area contributed by atoms with E-state index in [9.17, 15) is 0 Å². The molecule has 2 aromatic heterocycles. The van der Waals surface area contributed by atoms with Gasteiger partial charge in [-0.1, -0.05) is 157 Å². The maximum absolute atomic E-state index is 8.66. The molecule has 8 rings (SSSR count). The summed E-state index contributed by atoms with van der Waals surface area (Å²) in [6, 6.07) is 25.2. The van der Waals surface area contributed by atoms with E-state index in [0.29, 0.717) is 34.2 Å². The van der Waals surface area contributed by atoms with Crippen molar-refractivity contribution in [1.82, 2.24) is 29.9 Å². The van der Waals surface area contributed by atoms with Crippen LogP contribution in [0.5, 0.6) is 0 Å². The Balaban J connectivity index is 1.35. The van der Waals surface area contributed by atoms with Gasteiger partial charge in [-0.05, 0) is 29.3 Å². The van der Waals surface area contributed by atoms with Crippen LogP contribution in [-0.2, 0) is 0 Å². The molecule has 0 aliphatic heterocycles. The van der Waals surface area contributed by atoms with Crippen molar-refractivity contribution in [2.45, 2.75) is 0 Å². The molecule has 0 aliphatic rings. The van der Waals surface area contributed by atoms with E-state index in [4.69, 9.17) is 40.3 Å². The highest BCUT2D eigenvalue weighted by Crippen LogP contribution is 2.36. The first-order valence-corrected chi connectivity index (χ1v) is 15.4. The number of nitrogens with zero attached hydrogens (tertiary/aromatic N) is 6. The Morgan fingerprint density at radius 2 is 0.735 bits per heavy atom. The molecule has 49 heavy (non-hydrogen) atoms. The van der Waals surface area contributed by atoms with Gasteiger partial charge in [0.15, 0.2) is 34.9 Å². The van der Waals surface area contributed by atoms with Crippen LogP contribution in [0.1, 0.15) is 13.7 Å². The summed E-state index contributed by atoms with van der Waals surface area (Å²) in [4.78, 5) is 28.1. The van der Waals surface area contributed by atoms with Crippen LogP contribution in [0.4, 0.5) is 0 Å². The van der Waals surface area contributed by atoms with Crippen molar-refractivity contribution < 1.29 is 13.7 Å². The molecule has 232 valence electrons. The van der Waals surface area contributed by atoms with Crippen molar-refractivity contribution in [3.05, 3.63) is 169 Å². The highest BCUT2D eigenvalue weighted by Gasteiger charge is 2.18. The van der Waals surface area contributed by atoms with Gasteiger partial charge < -0.3 is 0 Å². The van der Waals surface area contributed by atoms with Crippen molar-refractivity contribution in [2.24, 2.45) is 0 Å². The second-order valence-corrected chi connectivity index (χ2v) is 11.1. The lowest BCUT2D eigenvalue weighted by molar-refractivity contribution is 1.07. The standard InChI is InChI=1S/C42H27ClN6/c43-34-26-32(25-33(27-34)41-46-37(28-15-5-1-6-16-28)44-38(47-41)29-17-7-2-8-18-29)35-23-13-14-24-36(35)42-48-39(30-19-9-3-10-20-30)45-40(49-42)31-21-11-4-12-22-31/h1-27H/i1D,2D,5D,6D,7D,8D,15D,16D,17D,18D. The number of rotatable bonds is 7. The Morgan fingerprint density at radius 1 is 0.347 bits per heavy atom. The van der Waals surface area contributed by atoms with Crippen LogP contribution >= 0.6 is 11.6 Å². The molecule has 0 saturated heterocycles. The number of hydrogen-bond acceptors (Lipinski definition) is 6. The molecule has 2 heterocycles. The highest BCUT2D eigenvalue weighted by atomic mass is 35.5. The van der Waals surface area contributed by atoms with Crippen molar-refractivity contribution in [2.75, 3.05) is 0 Å². The summed E-state index contributed by atoms with van der Waals surface area (Å²) >= 11 is 6.82. The zero-order valence-electron chi connectivity index (χ0n) is 35.4. The molecule has 0 fully saturated rings. The summed E-state index contributed by atoms with van der Waals surface area (Å²) in [5.41, 5.74) is 2.96. The third-order valence-corrected chi connectivity index (χ3v) is 7.64. The third kappa shape index (κ3) is 6.46. The molecule has 0 unspecified atom stereocenters. The van der Waals surface area contributed by atoms with E-state index in [-0.39, 0.29) is 39.2 Å². The molecular formula is C42H27ClN6. The Morgan fingerprint density at radius 3 is 1.24 bits per heavy atom. The molecule has 0 radical (unpaired) electrons. The van der Waals surface area contributed by atoms with E-state index < -0.39 is 60.4 Å². The summed E-state index contributed by atoms with van der Waals surface area (Å²) in [6.07, 6.45) is 0. The average molecular weight is 661 g/mol. The molecular weight excluding hydrogens is 624 g/mol. The predicted octanol–water partition coefficient (Wildman–Crippen LogP) is 10.4. The van der Waals surface area contributed by atoms with Crippen LogP contribution < -0.4 is 0 Å². The van der Waals surface area contributed by atoms with Gasteiger partial charge in [0.1, 0.15) is 0 Å². The SMILES string of the molecule is [2H]c1c([2H])c([2H])c(-c2nc(-c3cc(Cl)cc(-c4ccccc4-c4nc(-c5ccccc5)nc(-c5ccccc5)n4)c3)nc(-c3c([2H])c([2H])c([2H])c([2H])c3[2H])n2)c([2H])c1[2H]. The molecule has 0 N–H and O–H groups in total. The lowest BCUT2D eigenvalue weighted by Gasteiger charge is -2.14. The second-order valence-electron chi connectivity index (χ2n) is 10.6. The fourth-order valence-corrected chi connectivity index (χ4v) is 5.42. The van der Waals surface area contributed by atoms with Crippen LogP contribution in [0.3, 0.4) is 0 Å². The fourth-order valence-electron chi connectivity index (χ4n) is 5.19. The molecule has 7 heteroatoms. The highest BCUT2D eigenvalue weighted by molar-refractivity contribution is 6.31. The first-order chi connectivity index (χ1) is 28.3. The molecule has 0 bridgehead atoms. The van der Waals surface area contributed by atoms with Gasteiger partial charge in [-0.2, -0.15) is 0 Å². The van der Waals surface area contributed by atoms with Gasteiger partial charge in [0.25, 0.3) is 0 Å². The number of aromatic nitrogens is 6. The average Bonchev–Trinajstić information content (AvgIpc) is 3.26. The van der Waals surface area contributed by atoms with Crippen molar-refractivity contribution >= 4 is 11.6 Å². The largest absolute Gasteiger partial charge is 0.208 e. The van der Waals surface area contributed by atoms with Crippen molar-refractivity contribution in [1.29, 1.82) is 0 Å². The number of hydrogen-bond donors (Lipinski definition) is 0. The number of benzene rings is 6. The summed E-state index contributed by atoms with van der Waals surface area (Å²) in [5, 5.41) is 0.243. The van der Waals surface area contributed by atoms with Gasteiger partial charge in [0.05, 0.1) is 13.7 Å². The van der Waals surface area contributed by atoms with Gasteiger partial charge in [-0.25, -0.2) is 29.9 Å². The quantitative estimate of drug-likeness (QED) is 0.169. The van der Waals surface area contributed by atoms with E-state index >= 15 is 0 Å². The number of halogens is 1. The van der Waals surface area contributed by atoms with E-state index in [1.807, 2.05) is 84.9 Å². The first kappa shape index (κ1) is 20.8. The summed E-state index contributed by atoms with van der Waals surface area (Å²) in [5.74, 6) is 0.401. The van der Waals surface area contributed by atoms with Gasteiger partial charge >= 0.3 is 0 Å². The summed E-state index contributed by atoms with van der Waals surface area (Å²) < 4.78 is 84.0. The maximum atomic E-state index is 8.66. The zero-order chi connectivity index (χ0) is 41.7. The second kappa shape index (κ2) is 13.4. The van der Waals surface area contributed by atoms with Crippen LogP contribution in [0.15, 0.2) is 164 Å². The van der Waals surface area contributed by atoms with E-state index in [0.717, 1.165) is 11.1 Å². The molecule has 0 amide bonds. The van der Waals surface area contributed by atoms with Crippen LogP contribution in [0.2, 0.25) is 5.02 Å². The predicted molar refractivity (Wildman–Crippen MR) is 196 cm³/mol. The lowest BCUT2D eigenvalue weighted by Crippen LogP contribution is -2.01. The molecule has 0 atom stereocenters. The Hall–Kier alpha value is -6.37. The third-order valence-electron chi connectivity index (χ3n) is 7.42. The van der Waals surface area contributed by atoms with Crippen LogP contribution in [0, 0.1) is 0 Å². The van der Waals surface area contributed by atoms with Gasteiger partial charge in [0.2, 0.25) is 0 Å². The molecule has 8 aromatic rings. The zero-order valence-corrected chi connectivity index (χ0v) is 26.1. The molecule has 0 spiro atoms. The lowest BCUT2D eigenvalue weighted by atomic mass is 9.97. The molecule has 6 nitrogen and oxygen atoms in total. The van der Waals surface area contributed by atoms with Gasteiger partial charge in [-0.15, -0.1) is 0 Å². The summed E-state index contributed by atoms with van der Waals surface area (Å²) in [6.45, 7) is 0. The minimum Gasteiger partial charge on any atom is -0.208 e. The Bertz CT molecular complexity index is 2770. The minimum absolute atomic E-state index is 0.122. The Labute approximate surface area is 303 Å². The van der Waals surface area contributed by atoms with E-state index in [2.05, 4.69) is 15.0 Å². The van der Waals surface area contributed by atoms with Gasteiger partial charge in [0, 0.05) is 38.4 Å². The van der Waals surface area contributed by atoms with Crippen molar-refractivity contribution in [3.8, 4) is 79.5 Å². The normalized spacial score (nSPS) is 13.8. The molecule has 0 aliphatic carbocycles. The topological polar surface area (TPSA) is 77.3 Å². The first-order valence-electron chi connectivity index (χ1n) is 20.0. The monoisotopic (exact) mass is 660 g/mol. The minimum atomic E-state index is -0.641. The smallest absolute Gasteiger partial charge is 0.164 e. The van der Waals surface area contributed by atoms with E-state index in [1.54, 1.807) is 18.2 Å². The van der Waals surface area contributed by atoms with Crippen molar-refractivity contribution in [3.63, 3.8) is 0 Å². The summed E-state index contributed by atoms with van der Waals surface area (Å²) in [7, 11) is 0. The molecule has 6 aromatic carbocycles. The molecule has 0 saturated carbocycles. The van der Waals surface area contributed by atoms with Crippen LogP contribution in [0.25, 0.3) is 79.5 Å². The maximum Gasteiger partial charge on any atom is 0.164 e. The Kier molecular flexibility index (Phi) is 5.68. The van der Waals surface area contributed by atoms with Gasteiger partial charge in [-0.3, -0.25) is 0 Å². The van der Waals surface area contributed by atoms with Crippen LogP contribution in [-0.4, -0.2) is 29.9 Å². The van der Waals surface area contributed by atoms with E-state index in [1.165, 1.54) is 0 Å².